The molecule has 1 nitrogen and oxygen atoms in total. The summed E-state index contributed by atoms with van der Waals surface area (Å²) in [5.41, 5.74) is 6.89. The standard InChI is InChI=1S/C11H19N/c1-11-5-7-2-3-10(12)8(6-11)9(11)4-7/h7-10H,2-6,12H2,1H3/t7?,8?,9?,10-,11?/m1/s1. The Kier molecular flexibility index (Phi) is 1.27. The average Bonchev–Trinajstić information content (AvgIpc) is 2.15. The molecular formula is C11H19N. The first-order valence-corrected chi connectivity index (χ1v) is 5.45. The van der Waals surface area contributed by atoms with E-state index in [-0.39, 0.29) is 0 Å². The van der Waals surface area contributed by atoms with Crippen LogP contribution in [0.4, 0.5) is 0 Å². The second-order valence-electron chi connectivity index (χ2n) is 5.68. The van der Waals surface area contributed by atoms with Crippen molar-refractivity contribution in [1.82, 2.24) is 0 Å². The smallest absolute Gasteiger partial charge is 0.00703 e. The first kappa shape index (κ1) is 7.37. The Morgan fingerprint density at radius 3 is 2.92 bits per heavy atom. The summed E-state index contributed by atoms with van der Waals surface area (Å²) >= 11 is 0. The number of rotatable bonds is 0. The predicted octanol–water partition coefficient (Wildman–Crippen LogP) is 2.16. The van der Waals surface area contributed by atoms with Gasteiger partial charge in [0.25, 0.3) is 0 Å². The average molecular weight is 165 g/mol. The summed E-state index contributed by atoms with van der Waals surface area (Å²) in [4.78, 5) is 0. The molecule has 3 rings (SSSR count). The minimum atomic E-state index is 0.549. The van der Waals surface area contributed by atoms with Crippen LogP contribution in [0.25, 0.3) is 0 Å². The Morgan fingerprint density at radius 1 is 1.25 bits per heavy atom. The molecule has 5 atom stereocenters. The molecule has 0 radical (unpaired) electrons. The molecule has 0 aromatic heterocycles. The maximum absolute atomic E-state index is 6.16. The molecule has 0 aromatic rings. The van der Waals surface area contributed by atoms with E-state index < -0.39 is 0 Å². The Balaban J connectivity index is 1.91. The van der Waals surface area contributed by atoms with E-state index >= 15 is 0 Å². The maximum Gasteiger partial charge on any atom is 0.00703 e. The van der Waals surface area contributed by atoms with E-state index in [1.807, 2.05) is 0 Å². The number of fused-ring (bicyclic) bond motifs is 1. The fraction of sp³-hybridized carbons (Fsp3) is 1.00. The van der Waals surface area contributed by atoms with Gasteiger partial charge in [-0.05, 0) is 55.3 Å². The van der Waals surface area contributed by atoms with Gasteiger partial charge in [0.2, 0.25) is 0 Å². The number of nitrogens with two attached hydrogens (primary N) is 1. The highest BCUT2D eigenvalue weighted by Crippen LogP contribution is 2.65. The van der Waals surface area contributed by atoms with Gasteiger partial charge in [-0.1, -0.05) is 6.92 Å². The van der Waals surface area contributed by atoms with Gasteiger partial charge < -0.3 is 5.73 Å². The monoisotopic (exact) mass is 165 g/mol. The highest BCUT2D eigenvalue weighted by Gasteiger charge is 2.58. The zero-order valence-corrected chi connectivity index (χ0v) is 7.92. The van der Waals surface area contributed by atoms with Crippen LogP contribution < -0.4 is 5.73 Å². The zero-order valence-electron chi connectivity index (χ0n) is 7.92. The minimum Gasteiger partial charge on any atom is -0.327 e. The predicted molar refractivity (Wildman–Crippen MR) is 49.6 cm³/mol. The molecule has 0 aromatic carbocycles. The van der Waals surface area contributed by atoms with Gasteiger partial charge in [-0.3, -0.25) is 0 Å². The van der Waals surface area contributed by atoms with Crippen molar-refractivity contribution in [2.24, 2.45) is 28.9 Å². The minimum absolute atomic E-state index is 0.549. The van der Waals surface area contributed by atoms with E-state index in [4.69, 9.17) is 5.73 Å². The summed E-state index contributed by atoms with van der Waals surface area (Å²) in [6.07, 6.45) is 7.19. The van der Waals surface area contributed by atoms with E-state index in [0.29, 0.717) is 6.04 Å². The van der Waals surface area contributed by atoms with Crippen molar-refractivity contribution in [3.63, 3.8) is 0 Å². The second-order valence-corrected chi connectivity index (χ2v) is 5.68. The van der Waals surface area contributed by atoms with Crippen LogP contribution >= 0.6 is 0 Å². The van der Waals surface area contributed by atoms with Crippen molar-refractivity contribution in [3.05, 3.63) is 0 Å². The van der Waals surface area contributed by atoms with Crippen molar-refractivity contribution < 1.29 is 0 Å². The second kappa shape index (κ2) is 2.06. The van der Waals surface area contributed by atoms with Crippen molar-refractivity contribution in [2.45, 2.75) is 45.1 Å². The van der Waals surface area contributed by atoms with Gasteiger partial charge >= 0.3 is 0 Å². The largest absolute Gasteiger partial charge is 0.327 e. The maximum atomic E-state index is 6.16. The summed E-state index contributed by atoms with van der Waals surface area (Å²) in [5.74, 6) is 2.96. The first-order chi connectivity index (χ1) is 5.69. The van der Waals surface area contributed by atoms with Gasteiger partial charge in [-0.2, -0.15) is 0 Å². The van der Waals surface area contributed by atoms with Crippen LogP contribution in [0.5, 0.6) is 0 Å². The quantitative estimate of drug-likeness (QED) is 0.585. The van der Waals surface area contributed by atoms with Crippen LogP contribution in [-0.2, 0) is 0 Å². The molecule has 3 aliphatic carbocycles. The van der Waals surface area contributed by atoms with Crippen molar-refractivity contribution in [3.8, 4) is 0 Å². The summed E-state index contributed by atoms with van der Waals surface area (Å²) < 4.78 is 0. The fourth-order valence-electron chi connectivity index (χ4n) is 4.30. The van der Waals surface area contributed by atoms with Gasteiger partial charge in [-0.15, -0.1) is 0 Å². The lowest BCUT2D eigenvalue weighted by molar-refractivity contribution is -0.0171. The summed E-state index contributed by atoms with van der Waals surface area (Å²) in [5, 5.41) is 0. The summed E-state index contributed by atoms with van der Waals surface area (Å²) in [7, 11) is 0. The Bertz CT molecular complexity index is 213. The molecular weight excluding hydrogens is 146 g/mol. The topological polar surface area (TPSA) is 26.0 Å². The third-order valence-corrected chi connectivity index (χ3v) is 4.91. The Labute approximate surface area is 74.7 Å². The molecule has 4 unspecified atom stereocenters. The Morgan fingerprint density at radius 2 is 2.08 bits per heavy atom. The van der Waals surface area contributed by atoms with Crippen LogP contribution in [0, 0.1) is 23.2 Å². The zero-order chi connectivity index (χ0) is 8.34. The Hall–Kier alpha value is -0.0400. The molecule has 2 N–H and O–H groups in total. The first-order valence-electron chi connectivity index (χ1n) is 5.45. The molecule has 0 saturated heterocycles. The van der Waals surface area contributed by atoms with Gasteiger partial charge in [0.05, 0.1) is 0 Å². The van der Waals surface area contributed by atoms with Crippen molar-refractivity contribution in [1.29, 1.82) is 0 Å². The molecule has 12 heavy (non-hydrogen) atoms. The van der Waals surface area contributed by atoms with Gasteiger partial charge in [-0.25, -0.2) is 0 Å². The van der Waals surface area contributed by atoms with E-state index in [2.05, 4.69) is 6.92 Å². The lowest BCUT2D eigenvalue weighted by Crippen LogP contribution is -2.50. The summed E-state index contributed by atoms with van der Waals surface area (Å²) in [6.45, 7) is 2.49. The number of hydrogen-bond donors (Lipinski definition) is 1. The SMILES string of the molecule is CC12CC3CC[C@@H](N)C(C1)C2C3. The van der Waals surface area contributed by atoms with Gasteiger partial charge in [0.1, 0.15) is 0 Å². The third-order valence-electron chi connectivity index (χ3n) is 4.91. The van der Waals surface area contributed by atoms with Crippen LogP contribution in [-0.4, -0.2) is 6.04 Å². The molecule has 3 fully saturated rings. The fourth-order valence-corrected chi connectivity index (χ4v) is 4.30. The van der Waals surface area contributed by atoms with Gasteiger partial charge in [0, 0.05) is 6.04 Å². The van der Waals surface area contributed by atoms with E-state index in [1.54, 1.807) is 0 Å². The van der Waals surface area contributed by atoms with Crippen LogP contribution in [0.15, 0.2) is 0 Å². The molecule has 3 aliphatic rings. The van der Waals surface area contributed by atoms with Crippen LogP contribution in [0.1, 0.15) is 39.0 Å². The lowest BCUT2D eigenvalue weighted by Gasteiger charge is -2.52. The highest BCUT2D eigenvalue weighted by atomic mass is 14.7. The molecule has 68 valence electrons. The molecule has 0 amide bonds. The van der Waals surface area contributed by atoms with E-state index in [1.165, 1.54) is 32.1 Å². The third kappa shape index (κ3) is 0.736. The molecule has 3 saturated carbocycles. The lowest BCUT2D eigenvalue weighted by atomic mass is 9.54. The number of hydrogen-bond acceptors (Lipinski definition) is 1. The molecule has 0 heterocycles. The molecule has 1 heteroatoms. The van der Waals surface area contributed by atoms with E-state index in [9.17, 15) is 0 Å². The van der Waals surface area contributed by atoms with Crippen molar-refractivity contribution in [2.75, 3.05) is 0 Å². The molecule has 0 spiro atoms. The molecule has 2 bridgehead atoms. The van der Waals surface area contributed by atoms with Crippen LogP contribution in [0.2, 0.25) is 0 Å². The van der Waals surface area contributed by atoms with E-state index in [0.717, 1.165) is 23.2 Å². The normalized spacial score (nSPS) is 62.5. The van der Waals surface area contributed by atoms with Crippen LogP contribution in [0.3, 0.4) is 0 Å². The van der Waals surface area contributed by atoms with Gasteiger partial charge in [0.15, 0.2) is 0 Å². The molecule has 0 aliphatic heterocycles. The highest BCUT2D eigenvalue weighted by molar-refractivity contribution is 5.09. The van der Waals surface area contributed by atoms with Crippen molar-refractivity contribution >= 4 is 0 Å². The summed E-state index contributed by atoms with van der Waals surface area (Å²) in [6, 6.07) is 0.549.